The summed E-state index contributed by atoms with van der Waals surface area (Å²) >= 11 is 0. The standard InChI is InChI=1S/C24H35N7.HI/c1-25-24(26-16-23-28-27-22-11-5-6-14-31(22)23)30-15-12-21-20(18-30)10-7-13-29(21)17-19-8-3-2-4-9-19;/h2-4,8-9,20-21H,5-7,10-18H2,1H3,(H,25,26);1H. The largest absolute Gasteiger partial charge is 0.349 e. The molecule has 1 aromatic carbocycles. The summed E-state index contributed by atoms with van der Waals surface area (Å²) in [5.74, 6) is 3.90. The van der Waals surface area contributed by atoms with Crippen LogP contribution in [-0.2, 0) is 26.1 Å². The smallest absolute Gasteiger partial charge is 0.194 e. The fourth-order valence-corrected chi connectivity index (χ4v) is 5.70. The number of nitrogens with one attached hydrogen (secondary N) is 1. The van der Waals surface area contributed by atoms with Crippen LogP contribution in [0.25, 0.3) is 0 Å². The number of fused-ring (bicyclic) bond motifs is 2. The van der Waals surface area contributed by atoms with Crippen molar-refractivity contribution in [2.45, 2.75) is 64.2 Å². The van der Waals surface area contributed by atoms with Gasteiger partial charge in [-0.25, -0.2) is 0 Å². The highest BCUT2D eigenvalue weighted by Gasteiger charge is 2.36. The van der Waals surface area contributed by atoms with Gasteiger partial charge in [0.1, 0.15) is 5.82 Å². The van der Waals surface area contributed by atoms with Crippen molar-refractivity contribution in [2.24, 2.45) is 10.9 Å². The second kappa shape index (κ2) is 11.0. The molecule has 1 aromatic heterocycles. The van der Waals surface area contributed by atoms with Crippen molar-refractivity contribution in [3.63, 3.8) is 0 Å². The average molecular weight is 550 g/mol. The van der Waals surface area contributed by atoms with Gasteiger partial charge in [-0.3, -0.25) is 9.89 Å². The highest BCUT2D eigenvalue weighted by molar-refractivity contribution is 14.0. The van der Waals surface area contributed by atoms with Crippen LogP contribution in [0.15, 0.2) is 35.3 Å². The molecular formula is C24H36IN7. The normalized spacial score (nSPS) is 23.8. The van der Waals surface area contributed by atoms with Crippen LogP contribution >= 0.6 is 24.0 Å². The molecule has 0 bridgehead atoms. The summed E-state index contributed by atoms with van der Waals surface area (Å²) in [5, 5.41) is 12.4. The van der Waals surface area contributed by atoms with E-state index in [4.69, 9.17) is 0 Å². The lowest BCUT2D eigenvalue weighted by Gasteiger charge is -2.48. The maximum atomic E-state index is 4.61. The zero-order valence-electron chi connectivity index (χ0n) is 19.1. The van der Waals surface area contributed by atoms with E-state index in [-0.39, 0.29) is 24.0 Å². The zero-order valence-corrected chi connectivity index (χ0v) is 21.4. The third-order valence-corrected chi connectivity index (χ3v) is 7.26. The number of hydrogen-bond donors (Lipinski definition) is 1. The number of hydrogen-bond acceptors (Lipinski definition) is 4. The van der Waals surface area contributed by atoms with Gasteiger partial charge in [0.15, 0.2) is 11.8 Å². The van der Waals surface area contributed by atoms with Crippen LogP contribution in [0.2, 0.25) is 0 Å². The molecule has 2 fully saturated rings. The van der Waals surface area contributed by atoms with Gasteiger partial charge < -0.3 is 14.8 Å². The Morgan fingerprint density at radius 2 is 1.94 bits per heavy atom. The summed E-state index contributed by atoms with van der Waals surface area (Å²) in [6, 6.07) is 11.6. The monoisotopic (exact) mass is 549 g/mol. The van der Waals surface area contributed by atoms with E-state index in [2.05, 4.69) is 65.2 Å². The third kappa shape index (κ3) is 5.11. The van der Waals surface area contributed by atoms with E-state index in [0.717, 1.165) is 50.2 Å². The van der Waals surface area contributed by atoms with Crippen molar-refractivity contribution >= 4 is 29.9 Å². The number of piperidine rings is 2. The second-order valence-electron chi connectivity index (χ2n) is 9.20. The summed E-state index contributed by atoms with van der Waals surface area (Å²) in [4.78, 5) is 9.79. The molecule has 3 aliphatic heterocycles. The zero-order chi connectivity index (χ0) is 21.0. The van der Waals surface area contributed by atoms with Crippen molar-refractivity contribution in [2.75, 3.05) is 26.7 Å². The maximum Gasteiger partial charge on any atom is 0.194 e. The summed E-state index contributed by atoms with van der Waals surface area (Å²) in [6.45, 7) is 6.19. The van der Waals surface area contributed by atoms with E-state index in [1.807, 2.05) is 7.05 Å². The molecule has 8 heteroatoms. The van der Waals surface area contributed by atoms with Gasteiger partial charge in [-0.1, -0.05) is 30.3 Å². The fraction of sp³-hybridized carbons (Fsp3) is 0.625. The molecule has 3 aliphatic rings. The number of aliphatic imine (C=N–C) groups is 1. The van der Waals surface area contributed by atoms with Gasteiger partial charge in [-0.15, -0.1) is 34.2 Å². The van der Waals surface area contributed by atoms with Crippen LogP contribution in [0.5, 0.6) is 0 Å². The van der Waals surface area contributed by atoms with E-state index in [1.54, 1.807) is 0 Å². The Labute approximate surface area is 208 Å². The van der Waals surface area contributed by atoms with Crippen LogP contribution in [0.3, 0.4) is 0 Å². The van der Waals surface area contributed by atoms with Crippen LogP contribution in [0.4, 0.5) is 0 Å². The highest BCUT2D eigenvalue weighted by Crippen LogP contribution is 2.31. The molecule has 2 atom stereocenters. The predicted molar refractivity (Wildman–Crippen MR) is 138 cm³/mol. The Balaban J connectivity index is 0.00000245. The quantitative estimate of drug-likeness (QED) is 0.361. The Morgan fingerprint density at radius 3 is 2.78 bits per heavy atom. The van der Waals surface area contributed by atoms with E-state index in [1.165, 1.54) is 44.2 Å². The fourth-order valence-electron chi connectivity index (χ4n) is 5.70. The molecule has 1 N–H and O–H groups in total. The second-order valence-corrected chi connectivity index (χ2v) is 9.20. The van der Waals surface area contributed by atoms with Gasteiger partial charge in [-0.2, -0.15) is 0 Å². The third-order valence-electron chi connectivity index (χ3n) is 7.26. The molecule has 0 saturated carbocycles. The van der Waals surface area contributed by atoms with Crippen molar-refractivity contribution < 1.29 is 0 Å². The molecule has 0 aliphatic carbocycles. The number of aryl methyl sites for hydroxylation is 1. The maximum absolute atomic E-state index is 4.61. The summed E-state index contributed by atoms with van der Waals surface area (Å²) < 4.78 is 2.29. The lowest BCUT2D eigenvalue weighted by molar-refractivity contribution is 0.0372. The van der Waals surface area contributed by atoms with Gasteiger partial charge in [0, 0.05) is 45.7 Å². The van der Waals surface area contributed by atoms with E-state index in [9.17, 15) is 0 Å². The molecule has 4 heterocycles. The molecule has 0 radical (unpaired) electrons. The van der Waals surface area contributed by atoms with Crippen LogP contribution in [0.1, 0.15) is 49.3 Å². The number of guanidine groups is 1. The first-order valence-electron chi connectivity index (χ1n) is 12.0. The predicted octanol–water partition coefficient (Wildman–Crippen LogP) is 3.29. The average Bonchev–Trinajstić information content (AvgIpc) is 3.23. The van der Waals surface area contributed by atoms with Gasteiger partial charge in [0.2, 0.25) is 0 Å². The van der Waals surface area contributed by atoms with Gasteiger partial charge >= 0.3 is 0 Å². The number of halogens is 1. The first-order chi connectivity index (χ1) is 15.3. The number of nitrogens with zero attached hydrogens (tertiary/aromatic N) is 6. The molecule has 32 heavy (non-hydrogen) atoms. The summed E-state index contributed by atoms with van der Waals surface area (Å²) in [6.07, 6.45) is 7.32. The molecule has 2 unspecified atom stereocenters. The van der Waals surface area contributed by atoms with E-state index < -0.39 is 0 Å². The van der Waals surface area contributed by atoms with Gasteiger partial charge in [0.05, 0.1) is 6.54 Å². The van der Waals surface area contributed by atoms with E-state index >= 15 is 0 Å². The Hall–Kier alpha value is -1.68. The number of rotatable bonds is 4. The lowest BCUT2D eigenvalue weighted by atomic mass is 9.83. The molecule has 2 saturated heterocycles. The first kappa shape index (κ1) is 23.5. The van der Waals surface area contributed by atoms with Crippen molar-refractivity contribution in [1.29, 1.82) is 0 Å². The Kier molecular flexibility index (Phi) is 8.04. The SMILES string of the molecule is CN=C(NCc1nnc2n1CCCC2)N1CCC2C(CCCN2Cc2ccccc2)C1.I. The molecule has 174 valence electrons. The van der Waals surface area contributed by atoms with Crippen LogP contribution in [-0.4, -0.2) is 63.2 Å². The topological polar surface area (TPSA) is 61.6 Å². The minimum atomic E-state index is 0. The summed E-state index contributed by atoms with van der Waals surface area (Å²) in [5.41, 5.74) is 1.43. The number of likely N-dealkylation sites (tertiary alicyclic amines) is 2. The molecule has 0 amide bonds. The molecule has 2 aromatic rings. The molecular weight excluding hydrogens is 513 g/mol. The minimum Gasteiger partial charge on any atom is -0.349 e. The highest BCUT2D eigenvalue weighted by atomic mass is 127. The number of aromatic nitrogens is 3. The molecule has 5 rings (SSSR count). The van der Waals surface area contributed by atoms with Crippen molar-refractivity contribution in [3.8, 4) is 0 Å². The van der Waals surface area contributed by atoms with E-state index in [0.29, 0.717) is 18.5 Å². The van der Waals surface area contributed by atoms with Gasteiger partial charge in [0.25, 0.3) is 0 Å². The Morgan fingerprint density at radius 1 is 1.06 bits per heavy atom. The minimum absolute atomic E-state index is 0. The van der Waals surface area contributed by atoms with Crippen LogP contribution in [0, 0.1) is 5.92 Å². The first-order valence-corrected chi connectivity index (χ1v) is 12.0. The number of benzene rings is 1. The van der Waals surface area contributed by atoms with Gasteiger partial charge in [-0.05, 0) is 50.1 Å². The lowest BCUT2D eigenvalue weighted by Crippen LogP contribution is -2.56. The molecule has 0 spiro atoms. The van der Waals surface area contributed by atoms with Crippen LogP contribution < -0.4 is 5.32 Å². The Bertz CT molecular complexity index is 897. The van der Waals surface area contributed by atoms with Crippen molar-refractivity contribution in [3.05, 3.63) is 47.5 Å². The summed E-state index contributed by atoms with van der Waals surface area (Å²) in [7, 11) is 1.90. The van der Waals surface area contributed by atoms with Crippen molar-refractivity contribution in [1.82, 2.24) is 29.9 Å². The molecule has 7 nitrogen and oxygen atoms in total.